The molecule has 0 bridgehead atoms. The van der Waals surface area contributed by atoms with Crippen molar-refractivity contribution in [1.29, 1.82) is 0 Å². The molecule has 2 aliphatic rings. The summed E-state index contributed by atoms with van der Waals surface area (Å²) in [6.45, 7) is 10.1. The number of aromatic nitrogens is 2. The molecular formula is C16H26N4. The van der Waals surface area contributed by atoms with Crippen LogP contribution in [-0.2, 0) is 6.54 Å². The van der Waals surface area contributed by atoms with Crippen molar-refractivity contribution in [3.8, 4) is 0 Å². The number of nitrogens with one attached hydrogen (secondary N) is 1. The largest absolute Gasteiger partial charge is 0.341 e. The van der Waals surface area contributed by atoms with E-state index >= 15 is 0 Å². The lowest BCUT2D eigenvalue weighted by atomic mass is 9.80. The molecule has 0 spiro atoms. The van der Waals surface area contributed by atoms with Gasteiger partial charge in [0.05, 0.1) is 0 Å². The van der Waals surface area contributed by atoms with Gasteiger partial charge >= 0.3 is 0 Å². The Hall–Kier alpha value is -1.16. The maximum Gasteiger partial charge on any atom is 0.225 e. The van der Waals surface area contributed by atoms with Crippen molar-refractivity contribution >= 4 is 5.95 Å². The number of rotatable bonds is 4. The topological polar surface area (TPSA) is 41.1 Å². The molecule has 3 rings (SSSR count). The van der Waals surface area contributed by atoms with Gasteiger partial charge in [-0.25, -0.2) is 9.97 Å². The van der Waals surface area contributed by atoms with Crippen LogP contribution in [0.3, 0.4) is 0 Å². The third-order valence-corrected chi connectivity index (χ3v) is 4.56. The minimum atomic E-state index is 0.378. The fourth-order valence-electron chi connectivity index (χ4n) is 2.80. The standard InChI is InChI=1S/C16H26N4/c1-16(2,3)13-6-7-20(11-13)15-18-9-12(10-19-15)8-17-14-4-5-14/h9-10,13-14,17H,4-8,11H2,1-3H3. The molecule has 2 heterocycles. The highest BCUT2D eigenvalue weighted by Crippen LogP contribution is 2.34. The van der Waals surface area contributed by atoms with Crippen molar-refractivity contribution in [3.63, 3.8) is 0 Å². The third kappa shape index (κ3) is 3.29. The Morgan fingerprint density at radius 2 is 1.90 bits per heavy atom. The second-order valence-corrected chi connectivity index (χ2v) is 7.34. The molecule has 1 saturated heterocycles. The Kier molecular flexibility index (Phi) is 3.67. The third-order valence-electron chi connectivity index (χ3n) is 4.56. The minimum absolute atomic E-state index is 0.378. The Morgan fingerprint density at radius 3 is 2.45 bits per heavy atom. The molecule has 2 fully saturated rings. The first-order chi connectivity index (χ1) is 9.52. The van der Waals surface area contributed by atoms with Crippen LogP contribution in [0.1, 0.15) is 45.6 Å². The normalized spacial score (nSPS) is 23.4. The summed E-state index contributed by atoms with van der Waals surface area (Å²) in [5.41, 5.74) is 1.57. The van der Waals surface area contributed by atoms with E-state index in [0.29, 0.717) is 5.41 Å². The number of hydrogen-bond acceptors (Lipinski definition) is 4. The summed E-state index contributed by atoms with van der Waals surface area (Å²) in [5, 5.41) is 3.50. The number of hydrogen-bond donors (Lipinski definition) is 1. The molecule has 0 aromatic carbocycles. The van der Waals surface area contributed by atoms with Crippen molar-refractivity contribution < 1.29 is 0 Å². The van der Waals surface area contributed by atoms with E-state index in [1.165, 1.54) is 24.8 Å². The molecule has 1 atom stereocenters. The van der Waals surface area contributed by atoms with Gasteiger partial charge in [0.25, 0.3) is 0 Å². The van der Waals surface area contributed by atoms with E-state index in [1.807, 2.05) is 12.4 Å². The first-order valence-electron chi connectivity index (χ1n) is 7.81. The zero-order chi connectivity index (χ0) is 14.2. The van der Waals surface area contributed by atoms with Crippen LogP contribution in [0.15, 0.2) is 12.4 Å². The van der Waals surface area contributed by atoms with Crippen molar-refractivity contribution in [2.75, 3.05) is 18.0 Å². The highest BCUT2D eigenvalue weighted by atomic mass is 15.3. The SMILES string of the molecule is CC(C)(C)C1CCN(c2ncc(CNC3CC3)cn2)C1. The van der Waals surface area contributed by atoms with Crippen molar-refractivity contribution in [2.45, 2.75) is 52.6 Å². The summed E-state index contributed by atoms with van der Waals surface area (Å²) < 4.78 is 0. The van der Waals surface area contributed by atoms with E-state index in [9.17, 15) is 0 Å². The van der Waals surface area contributed by atoms with Crippen LogP contribution in [0.5, 0.6) is 0 Å². The molecule has 1 aromatic heterocycles. The van der Waals surface area contributed by atoms with E-state index in [2.05, 4.69) is 41.0 Å². The van der Waals surface area contributed by atoms with Crippen LogP contribution < -0.4 is 10.2 Å². The summed E-state index contributed by atoms with van der Waals surface area (Å²) in [4.78, 5) is 11.4. The monoisotopic (exact) mass is 274 g/mol. The molecular weight excluding hydrogens is 248 g/mol. The number of anilines is 1. The highest BCUT2D eigenvalue weighted by Gasteiger charge is 2.32. The maximum absolute atomic E-state index is 4.55. The second-order valence-electron chi connectivity index (χ2n) is 7.34. The van der Waals surface area contributed by atoms with Gasteiger partial charge in [-0.15, -0.1) is 0 Å². The lowest BCUT2D eigenvalue weighted by Crippen LogP contribution is -2.27. The minimum Gasteiger partial charge on any atom is -0.341 e. The van der Waals surface area contributed by atoms with Gasteiger partial charge in [-0.3, -0.25) is 0 Å². The van der Waals surface area contributed by atoms with E-state index in [1.54, 1.807) is 0 Å². The molecule has 1 aromatic rings. The molecule has 0 radical (unpaired) electrons. The van der Waals surface area contributed by atoms with E-state index in [4.69, 9.17) is 0 Å². The zero-order valence-corrected chi connectivity index (χ0v) is 12.9. The molecule has 1 N–H and O–H groups in total. The maximum atomic E-state index is 4.55. The molecule has 4 heteroatoms. The molecule has 110 valence electrons. The molecule has 1 unspecified atom stereocenters. The van der Waals surface area contributed by atoms with Gasteiger partial charge in [0.1, 0.15) is 0 Å². The van der Waals surface area contributed by atoms with Gasteiger partial charge in [0.15, 0.2) is 0 Å². The molecule has 1 saturated carbocycles. The first-order valence-corrected chi connectivity index (χ1v) is 7.81. The highest BCUT2D eigenvalue weighted by molar-refractivity contribution is 5.32. The molecule has 4 nitrogen and oxygen atoms in total. The van der Waals surface area contributed by atoms with Gasteiger partial charge in [0, 0.05) is 43.6 Å². The van der Waals surface area contributed by atoms with Gasteiger partial charge in [-0.1, -0.05) is 20.8 Å². The second kappa shape index (κ2) is 5.32. The van der Waals surface area contributed by atoms with E-state index in [0.717, 1.165) is 37.5 Å². The van der Waals surface area contributed by atoms with Crippen LogP contribution in [0.2, 0.25) is 0 Å². The van der Waals surface area contributed by atoms with Crippen LogP contribution >= 0.6 is 0 Å². The predicted molar refractivity (Wildman–Crippen MR) is 81.7 cm³/mol. The Morgan fingerprint density at radius 1 is 1.20 bits per heavy atom. The Bertz CT molecular complexity index is 445. The van der Waals surface area contributed by atoms with Gasteiger partial charge < -0.3 is 10.2 Å². The van der Waals surface area contributed by atoms with Gasteiger partial charge in [-0.05, 0) is 30.6 Å². The van der Waals surface area contributed by atoms with Crippen LogP contribution in [0.4, 0.5) is 5.95 Å². The van der Waals surface area contributed by atoms with Crippen LogP contribution in [-0.4, -0.2) is 29.1 Å². The van der Waals surface area contributed by atoms with Gasteiger partial charge in [0.2, 0.25) is 5.95 Å². The Labute approximate surface area is 122 Å². The van der Waals surface area contributed by atoms with E-state index < -0.39 is 0 Å². The van der Waals surface area contributed by atoms with Gasteiger partial charge in [-0.2, -0.15) is 0 Å². The summed E-state index contributed by atoms with van der Waals surface area (Å²) >= 11 is 0. The predicted octanol–water partition coefficient (Wildman–Crippen LogP) is 2.60. The molecule has 1 aliphatic heterocycles. The quantitative estimate of drug-likeness (QED) is 0.916. The average molecular weight is 274 g/mol. The lowest BCUT2D eigenvalue weighted by Gasteiger charge is -2.26. The number of nitrogens with zero attached hydrogens (tertiary/aromatic N) is 3. The van der Waals surface area contributed by atoms with Crippen LogP contribution in [0.25, 0.3) is 0 Å². The summed E-state index contributed by atoms with van der Waals surface area (Å²) in [6, 6.07) is 0.737. The van der Waals surface area contributed by atoms with E-state index in [-0.39, 0.29) is 0 Å². The Balaban J connectivity index is 1.57. The lowest BCUT2D eigenvalue weighted by molar-refractivity contribution is 0.263. The fraction of sp³-hybridized carbons (Fsp3) is 0.750. The molecule has 20 heavy (non-hydrogen) atoms. The zero-order valence-electron chi connectivity index (χ0n) is 12.9. The molecule has 1 aliphatic carbocycles. The first kappa shape index (κ1) is 13.8. The average Bonchev–Trinajstić information content (AvgIpc) is 3.09. The summed E-state index contributed by atoms with van der Waals surface area (Å²) in [7, 11) is 0. The van der Waals surface area contributed by atoms with Crippen LogP contribution in [0, 0.1) is 11.3 Å². The fourth-order valence-corrected chi connectivity index (χ4v) is 2.80. The van der Waals surface area contributed by atoms with Crippen molar-refractivity contribution in [3.05, 3.63) is 18.0 Å². The van der Waals surface area contributed by atoms with Crippen molar-refractivity contribution in [1.82, 2.24) is 15.3 Å². The summed E-state index contributed by atoms with van der Waals surface area (Å²) in [6.07, 6.45) is 7.84. The molecule has 0 amide bonds. The summed E-state index contributed by atoms with van der Waals surface area (Å²) in [5.74, 6) is 1.63. The van der Waals surface area contributed by atoms with Crippen molar-refractivity contribution in [2.24, 2.45) is 11.3 Å². The smallest absolute Gasteiger partial charge is 0.225 e.